The van der Waals surface area contributed by atoms with Gasteiger partial charge in [-0.15, -0.1) is 0 Å². The third-order valence-corrected chi connectivity index (χ3v) is 3.17. The average molecular weight is 266 g/mol. The first-order chi connectivity index (χ1) is 9.45. The lowest BCUT2D eigenvalue weighted by Crippen LogP contribution is -2.10. The molecule has 20 heavy (non-hydrogen) atoms. The first-order valence-corrected chi connectivity index (χ1v) is 6.97. The van der Waals surface area contributed by atoms with Crippen molar-refractivity contribution in [2.45, 2.75) is 33.1 Å². The van der Waals surface area contributed by atoms with E-state index in [0.29, 0.717) is 0 Å². The Balaban J connectivity index is 2.09. The molecular formula is C19H22O. The summed E-state index contributed by atoms with van der Waals surface area (Å²) in [6, 6.07) is 18.5. The van der Waals surface area contributed by atoms with Gasteiger partial charge in [0.15, 0.2) is 0 Å². The molecule has 1 nitrogen and oxygen atoms in total. The lowest BCUT2D eigenvalue weighted by molar-refractivity contribution is 0.432. The summed E-state index contributed by atoms with van der Waals surface area (Å²) in [5.41, 5.74) is 2.64. The molecule has 0 unspecified atom stereocenters. The van der Waals surface area contributed by atoms with Crippen LogP contribution in [0.5, 0.6) is 5.75 Å². The minimum Gasteiger partial charge on any atom is -0.462 e. The van der Waals surface area contributed by atoms with E-state index in [2.05, 4.69) is 45.0 Å². The van der Waals surface area contributed by atoms with Crippen molar-refractivity contribution in [2.75, 3.05) is 0 Å². The van der Waals surface area contributed by atoms with Gasteiger partial charge in [0.2, 0.25) is 0 Å². The van der Waals surface area contributed by atoms with Crippen molar-refractivity contribution in [1.29, 1.82) is 0 Å². The largest absolute Gasteiger partial charge is 0.462 e. The van der Waals surface area contributed by atoms with Crippen LogP contribution in [0.25, 0.3) is 6.08 Å². The van der Waals surface area contributed by atoms with E-state index in [1.165, 1.54) is 5.56 Å². The molecule has 0 aliphatic heterocycles. The molecule has 2 rings (SSSR count). The fraction of sp³-hybridized carbons (Fsp3) is 0.263. The predicted molar refractivity (Wildman–Crippen MR) is 85.9 cm³/mol. The van der Waals surface area contributed by atoms with Crippen molar-refractivity contribution >= 4 is 6.08 Å². The maximum Gasteiger partial charge on any atom is 0.126 e. The van der Waals surface area contributed by atoms with Crippen molar-refractivity contribution in [2.24, 2.45) is 0 Å². The average Bonchev–Trinajstić information content (AvgIpc) is 2.39. The van der Waals surface area contributed by atoms with Crippen molar-refractivity contribution in [3.63, 3.8) is 0 Å². The molecule has 0 amide bonds. The van der Waals surface area contributed by atoms with E-state index in [9.17, 15) is 0 Å². The summed E-state index contributed by atoms with van der Waals surface area (Å²) >= 11 is 0. The van der Waals surface area contributed by atoms with Crippen molar-refractivity contribution < 1.29 is 4.74 Å². The van der Waals surface area contributed by atoms with Gasteiger partial charge in [0, 0.05) is 0 Å². The molecule has 0 saturated carbocycles. The molecule has 0 fully saturated rings. The zero-order valence-electron chi connectivity index (χ0n) is 12.7. The second-order valence-electron chi connectivity index (χ2n) is 6.04. The van der Waals surface area contributed by atoms with Gasteiger partial charge in [-0.1, -0.05) is 63.2 Å². The first kappa shape index (κ1) is 14.4. The Bertz CT molecular complexity index is 571. The van der Waals surface area contributed by atoms with Crippen LogP contribution in [-0.2, 0) is 5.41 Å². The summed E-state index contributed by atoms with van der Waals surface area (Å²) in [4.78, 5) is 0. The molecule has 0 radical (unpaired) electrons. The van der Waals surface area contributed by atoms with E-state index in [4.69, 9.17) is 4.74 Å². The van der Waals surface area contributed by atoms with Crippen LogP contribution >= 0.6 is 0 Å². The molecule has 0 bridgehead atoms. The van der Waals surface area contributed by atoms with Gasteiger partial charge in [-0.2, -0.15) is 0 Å². The Labute approximate surface area is 121 Å². The van der Waals surface area contributed by atoms with Gasteiger partial charge in [-0.05, 0) is 41.7 Å². The highest BCUT2D eigenvalue weighted by atomic mass is 16.5. The molecule has 1 heteroatoms. The van der Waals surface area contributed by atoms with E-state index < -0.39 is 0 Å². The fourth-order valence-corrected chi connectivity index (χ4v) is 2.02. The number of hydrogen-bond donors (Lipinski definition) is 0. The topological polar surface area (TPSA) is 9.23 Å². The minimum atomic E-state index is 0.174. The van der Waals surface area contributed by atoms with Crippen LogP contribution in [-0.4, -0.2) is 0 Å². The second-order valence-corrected chi connectivity index (χ2v) is 6.04. The van der Waals surface area contributed by atoms with E-state index in [0.717, 1.165) is 17.1 Å². The van der Waals surface area contributed by atoms with Crippen molar-refractivity contribution in [3.8, 4) is 5.75 Å². The van der Waals surface area contributed by atoms with Crippen LogP contribution in [0, 0.1) is 0 Å². The smallest absolute Gasteiger partial charge is 0.126 e. The summed E-state index contributed by atoms with van der Waals surface area (Å²) in [6.07, 6.45) is 2.04. The highest BCUT2D eigenvalue weighted by Crippen LogP contribution is 2.25. The monoisotopic (exact) mass is 266 g/mol. The molecule has 0 heterocycles. The van der Waals surface area contributed by atoms with Gasteiger partial charge in [0.1, 0.15) is 11.5 Å². The summed E-state index contributed by atoms with van der Waals surface area (Å²) in [6.45, 7) is 8.61. The SMILES string of the molecule is CC(=Cc1ccccc1)Oc1ccc(C(C)(C)C)cc1. The highest BCUT2D eigenvalue weighted by Gasteiger charge is 2.12. The van der Waals surface area contributed by atoms with Crippen LogP contribution in [0.2, 0.25) is 0 Å². The predicted octanol–water partition coefficient (Wildman–Crippen LogP) is 5.42. The zero-order valence-corrected chi connectivity index (χ0v) is 12.7. The standard InChI is InChI=1S/C19H22O/c1-15(14-16-8-6-5-7-9-16)20-18-12-10-17(11-13-18)19(2,3)4/h5-14H,1-4H3. The number of ether oxygens (including phenoxy) is 1. The third kappa shape index (κ3) is 3.99. The molecule has 104 valence electrons. The summed E-state index contributed by atoms with van der Waals surface area (Å²) in [5.74, 6) is 1.77. The van der Waals surface area contributed by atoms with Crippen LogP contribution < -0.4 is 4.74 Å². The summed E-state index contributed by atoms with van der Waals surface area (Å²) < 4.78 is 5.85. The number of rotatable bonds is 3. The van der Waals surface area contributed by atoms with Gasteiger partial charge < -0.3 is 4.74 Å². The maximum atomic E-state index is 5.85. The Morgan fingerprint density at radius 1 is 0.900 bits per heavy atom. The molecule has 0 N–H and O–H groups in total. The first-order valence-electron chi connectivity index (χ1n) is 6.97. The van der Waals surface area contributed by atoms with Gasteiger partial charge in [0.25, 0.3) is 0 Å². The Morgan fingerprint density at radius 3 is 2.05 bits per heavy atom. The number of hydrogen-bond acceptors (Lipinski definition) is 1. The minimum absolute atomic E-state index is 0.174. The second kappa shape index (κ2) is 5.96. The Morgan fingerprint density at radius 2 is 1.50 bits per heavy atom. The lowest BCUT2D eigenvalue weighted by atomic mass is 9.87. The van der Waals surface area contributed by atoms with E-state index >= 15 is 0 Å². The molecule has 0 aliphatic carbocycles. The number of allylic oxidation sites excluding steroid dienone is 1. The van der Waals surface area contributed by atoms with Crippen molar-refractivity contribution in [3.05, 3.63) is 71.5 Å². The molecule has 2 aromatic rings. The van der Waals surface area contributed by atoms with Gasteiger partial charge >= 0.3 is 0 Å². The molecular weight excluding hydrogens is 244 g/mol. The molecule has 0 saturated heterocycles. The number of benzene rings is 2. The Hall–Kier alpha value is -2.02. The lowest BCUT2D eigenvalue weighted by Gasteiger charge is -2.19. The fourth-order valence-electron chi connectivity index (χ4n) is 2.02. The third-order valence-electron chi connectivity index (χ3n) is 3.17. The molecule has 0 atom stereocenters. The molecule has 0 aliphatic rings. The van der Waals surface area contributed by atoms with Gasteiger partial charge in [-0.25, -0.2) is 0 Å². The summed E-state index contributed by atoms with van der Waals surface area (Å²) in [7, 11) is 0. The van der Waals surface area contributed by atoms with Crippen LogP contribution in [0.3, 0.4) is 0 Å². The molecule has 0 aromatic heterocycles. The van der Waals surface area contributed by atoms with Crippen molar-refractivity contribution in [1.82, 2.24) is 0 Å². The van der Waals surface area contributed by atoms with Crippen LogP contribution in [0.4, 0.5) is 0 Å². The van der Waals surface area contributed by atoms with E-state index in [-0.39, 0.29) is 5.41 Å². The molecule has 2 aromatic carbocycles. The van der Waals surface area contributed by atoms with Gasteiger partial charge in [0.05, 0.1) is 0 Å². The van der Waals surface area contributed by atoms with E-state index in [1.807, 2.05) is 43.3 Å². The van der Waals surface area contributed by atoms with Gasteiger partial charge in [-0.3, -0.25) is 0 Å². The zero-order chi connectivity index (χ0) is 14.6. The maximum absolute atomic E-state index is 5.85. The Kier molecular flexibility index (Phi) is 4.29. The van der Waals surface area contributed by atoms with E-state index in [1.54, 1.807) is 0 Å². The highest BCUT2D eigenvalue weighted by molar-refractivity contribution is 5.51. The quantitative estimate of drug-likeness (QED) is 0.674. The summed E-state index contributed by atoms with van der Waals surface area (Å²) in [5, 5.41) is 0. The normalized spacial score (nSPS) is 12.3. The van der Waals surface area contributed by atoms with Crippen LogP contribution in [0.1, 0.15) is 38.8 Å². The van der Waals surface area contributed by atoms with Crippen LogP contribution in [0.15, 0.2) is 60.4 Å². The molecule has 0 spiro atoms.